The monoisotopic (exact) mass is 335 g/mol. The average molecular weight is 335 g/mol. The number of nitrogens with zero attached hydrogens (tertiary/aromatic N) is 2. The quantitative estimate of drug-likeness (QED) is 0.752. The molecule has 0 fully saturated rings. The van der Waals surface area contributed by atoms with Crippen molar-refractivity contribution in [1.82, 2.24) is 10.3 Å². The molecular formula is C20H21N3O2. The van der Waals surface area contributed by atoms with Crippen LogP contribution in [0.4, 0.5) is 5.82 Å². The number of aliphatic hydroxyl groups excluding tert-OH is 1. The Morgan fingerprint density at radius 1 is 1.12 bits per heavy atom. The molecule has 0 aliphatic carbocycles. The molecule has 0 aliphatic rings. The summed E-state index contributed by atoms with van der Waals surface area (Å²) >= 11 is 0. The van der Waals surface area contributed by atoms with Crippen molar-refractivity contribution in [3.05, 3.63) is 71.9 Å². The Hall–Kier alpha value is -2.92. The zero-order valence-electron chi connectivity index (χ0n) is 14.3. The van der Waals surface area contributed by atoms with E-state index in [1.54, 1.807) is 18.3 Å². The minimum atomic E-state index is -0.760. The van der Waals surface area contributed by atoms with Crippen molar-refractivity contribution in [3.63, 3.8) is 0 Å². The van der Waals surface area contributed by atoms with E-state index in [4.69, 9.17) is 0 Å². The number of hydrogen-bond acceptors (Lipinski definition) is 4. The van der Waals surface area contributed by atoms with Crippen molar-refractivity contribution in [2.75, 3.05) is 25.5 Å². The maximum atomic E-state index is 12.3. The Morgan fingerprint density at radius 3 is 2.64 bits per heavy atom. The van der Waals surface area contributed by atoms with E-state index in [-0.39, 0.29) is 12.5 Å². The molecule has 0 bridgehead atoms. The van der Waals surface area contributed by atoms with Crippen LogP contribution >= 0.6 is 0 Å². The number of hydrogen-bond donors (Lipinski definition) is 2. The van der Waals surface area contributed by atoms with E-state index in [1.165, 1.54) is 0 Å². The molecule has 3 aromatic rings. The van der Waals surface area contributed by atoms with Crippen LogP contribution in [0.1, 0.15) is 22.0 Å². The standard InChI is InChI=1S/C20H21N3O2/c1-23(2)19-12-17(9-10-21-19)20(25)22-13-18(24)16-8-7-14-5-3-4-6-15(14)11-16/h3-12,18,24H,13H2,1-2H3,(H,22,25)/t18-/m0/s1. The van der Waals surface area contributed by atoms with Gasteiger partial charge in [0.25, 0.3) is 5.91 Å². The number of nitrogens with one attached hydrogen (secondary N) is 1. The Balaban J connectivity index is 1.67. The van der Waals surface area contributed by atoms with Gasteiger partial charge in [0, 0.05) is 32.4 Å². The van der Waals surface area contributed by atoms with Gasteiger partial charge in [-0.25, -0.2) is 4.98 Å². The smallest absolute Gasteiger partial charge is 0.251 e. The third-order valence-electron chi connectivity index (χ3n) is 4.08. The first-order valence-corrected chi connectivity index (χ1v) is 8.13. The van der Waals surface area contributed by atoms with Crippen LogP contribution in [-0.2, 0) is 0 Å². The summed E-state index contributed by atoms with van der Waals surface area (Å²) in [6, 6.07) is 17.2. The molecule has 25 heavy (non-hydrogen) atoms. The molecule has 1 heterocycles. The molecule has 1 atom stereocenters. The van der Waals surface area contributed by atoms with E-state index in [0.717, 1.165) is 16.3 Å². The third-order valence-corrected chi connectivity index (χ3v) is 4.08. The molecule has 1 aromatic heterocycles. The van der Waals surface area contributed by atoms with Crippen molar-refractivity contribution in [2.24, 2.45) is 0 Å². The van der Waals surface area contributed by atoms with Crippen molar-refractivity contribution < 1.29 is 9.90 Å². The third kappa shape index (κ3) is 3.95. The van der Waals surface area contributed by atoms with Gasteiger partial charge in [-0.05, 0) is 34.5 Å². The maximum Gasteiger partial charge on any atom is 0.251 e. The van der Waals surface area contributed by atoms with E-state index in [2.05, 4.69) is 10.3 Å². The van der Waals surface area contributed by atoms with Crippen LogP contribution in [0.2, 0.25) is 0 Å². The second kappa shape index (κ2) is 7.32. The first-order valence-electron chi connectivity index (χ1n) is 8.13. The van der Waals surface area contributed by atoms with Gasteiger partial charge in [0.05, 0.1) is 6.10 Å². The lowest BCUT2D eigenvalue weighted by Gasteiger charge is -2.14. The topological polar surface area (TPSA) is 65.5 Å². The molecule has 0 spiro atoms. The lowest BCUT2D eigenvalue weighted by atomic mass is 10.0. The highest BCUT2D eigenvalue weighted by molar-refractivity contribution is 5.94. The normalized spacial score (nSPS) is 12.0. The molecule has 2 N–H and O–H groups in total. The maximum absolute atomic E-state index is 12.3. The number of fused-ring (bicyclic) bond motifs is 1. The van der Waals surface area contributed by atoms with E-state index >= 15 is 0 Å². The molecule has 3 rings (SSSR count). The van der Waals surface area contributed by atoms with Crippen molar-refractivity contribution in [1.29, 1.82) is 0 Å². The van der Waals surface area contributed by atoms with Gasteiger partial charge in [0.15, 0.2) is 0 Å². The van der Waals surface area contributed by atoms with Gasteiger partial charge in [-0.1, -0.05) is 36.4 Å². The van der Waals surface area contributed by atoms with Gasteiger partial charge in [0.1, 0.15) is 5.82 Å². The van der Waals surface area contributed by atoms with Crippen LogP contribution in [0.5, 0.6) is 0 Å². The molecule has 0 radical (unpaired) electrons. The summed E-state index contributed by atoms with van der Waals surface area (Å²) < 4.78 is 0. The average Bonchev–Trinajstić information content (AvgIpc) is 2.65. The number of pyridine rings is 1. The van der Waals surface area contributed by atoms with Crippen LogP contribution in [-0.4, -0.2) is 36.6 Å². The molecule has 5 heteroatoms. The van der Waals surface area contributed by atoms with E-state index < -0.39 is 6.10 Å². The van der Waals surface area contributed by atoms with Gasteiger partial charge in [-0.2, -0.15) is 0 Å². The fraction of sp³-hybridized carbons (Fsp3) is 0.200. The summed E-state index contributed by atoms with van der Waals surface area (Å²) in [5.74, 6) is 0.480. The van der Waals surface area contributed by atoms with Crippen LogP contribution < -0.4 is 10.2 Å². The van der Waals surface area contributed by atoms with E-state index in [0.29, 0.717) is 11.4 Å². The van der Waals surface area contributed by atoms with E-state index in [9.17, 15) is 9.90 Å². The second-order valence-corrected chi connectivity index (χ2v) is 6.13. The number of aromatic nitrogens is 1. The summed E-state index contributed by atoms with van der Waals surface area (Å²) in [7, 11) is 3.74. The Bertz CT molecular complexity index is 893. The number of aliphatic hydroxyl groups is 1. The lowest BCUT2D eigenvalue weighted by molar-refractivity contribution is 0.0916. The van der Waals surface area contributed by atoms with Crippen LogP contribution in [0.15, 0.2) is 60.8 Å². The molecule has 0 saturated carbocycles. The fourth-order valence-corrected chi connectivity index (χ4v) is 2.63. The number of amides is 1. The highest BCUT2D eigenvalue weighted by atomic mass is 16.3. The summed E-state index contributed by atoms with van der Waals surface area (Å²) in [4.78, 5) is 18.3. The zero-order valence-corrected chi connectivity index (χ0v) is 14.3. The number of carbonyl (C=O) groups is 1. The molecule has 2 aromatic carbocycles. The predicted molar refractivity (Wildman–Crippen MR) is 99.8 cm³/mol. The van der Waals surface area contributed by atoms with Gasteiger partial charge in [-0.3, -0.25) is 4.79 Å². The summed E-state index contributed by atoms with van der Waals surface area (Å²) in [6.45, 7) is 0.150. The SMILES string of the molecule is CN(C)c1cc(C(=O)NC[C@H](O)c2ccc3ccccc3c2)ccn1. The van der Waals surface area contributed by atoms with Gasteiger partial charge in [-0.15, -0.1) is 0 Å². The number of benzene rings is 2. The van der Waals surface area contributed by atoms with Crippen LogP contribution in [0, 0.1) is 0 Å². The molecule has 0 aliphatic heterocycles. The molecule has 5 nitrogen and oxygen atoms in total. The Labute approximate surface area is 146 Å². The number of carbonyl (C=O) groups excluding carboxylic acids is 1. The zero-order chi connectivity index (χ0) is 17.8. The second-order valence-electron chi connectivity index (χ2n) is 6.13. The number of rotatable bonds is 5. The molecule has 0 unspecified atom stereocenters. The van der Waals surface area contributed by atoms with Gasteiger partial charge < -0.3 is 15.3 Å². The minimum absolute atomic E-state index is 0.150. The molecule has 128 valence electrons. The van der Waals surface area contributed by atoms with Gasteiger partial charge in [0.2, 0.25) is 0 Å². The molecular weight excluding hydrogens is 314 g/mol. The van der Waals surface area contributed by atoms with Crippen molar-refractivity contribution in [2.45, 2.75) is 6.10 Å². The fourth-order valence-electron chi connectivity index (χ4n) is 2.63. The Kier molecular flexibility index (Phi) is 4.95. The summed E-state index contributed by atoms with van der Waals surface area (Å²) in [5.41, 5.74) is 1.30. The lowest BCUT2D eigenvalue weighted by Crippen LogP contribution is -2.28. The highest BCUT2D eigenvalue weighted by Gasteiger charge is 2.12. The predicted octanol–water partition coefficient (Wildman–Crippen LogP) is 2.76. The first-order chi connectivity index (χ1) is 12.0. The molecule has 0 saturated heterocycles. The van der Waals surface area contributed by atoms with Crippen molar-refractivity contribution in [3.8, 4) is 0 Å². The Morgan fingerprint density at radius 2 is 1.88 bits per heavy atom. The summed E-state index contributed by atoms with van der Waals surface area (Å²) in [5, 5.41) is 15.3. The van der Waals surface area contributed by atoms with E-state index in [1.807, 2.05) is 61.5 Å². The minimum Gasteiger partial charge on any atom is -0.387 e. The largest absolute Gasteiger partial charge is 0.387 e. The van der Waals surface area contributed by atoms with Gasteiger partial charge >= 0.3 is 0 Å². The summed E-state index contributed by atoms with van der Waals surface area (Å²) in [6.07, 6.45) is 0.841. The van der Waals surface area contributed by atoms with Crippen molar-refractivity contribution >= 4 is 22.5 Å². The van der Waals surface area contributed by atoms with Crippen LogP contribution in [0.3, 0.4) is 0 Å². The highest BCUT2D eigenvalue weighted by Crippen LogP contribution is 2.20. The molecule has 1 amide bonds. The first kappa shape index (κ1) is 16.9. The van der Waals surface area contributed by atoms with Crippen LogP contribution in [0.25, 0.3) is 10.8 Å². The number of anilines is 1.